The molecule has 1 aliphatic rings. The molecule has 11 atom stereocenters. The number of aliphatic carboxylic acids is 4. The highest BCUT2D eigenvalue weighted by atomic mass is 16.4. The summed E-state index contributed by atoms with van der Waals surface area (Å²) in [6.07, 6.45) is -3.29. The van der Waals surface area contributed by atoms with Crippen molar-refractivity contribution in [1.82, 2.24) is 47.4 Å². The largest absolute Gasteiger partial charge is 0.481 e. The number of guanidine groups is 2. The van der Waals surface area contributed by atoms with Crippen LogP contribution in [0.5, 0.6) is 0 Å². The molecule has 0 saturated carbocycles. The standard InChI is InChI=1S/C61H93N17O17/c1-3-34(2)49(77-50(85)37(63)31-35-15-6-4-7-16-35)58(93)78-30-14-22-45(78)57(92)76-43(32-36-17-8-5-9-18-36)55(90)71-39(20-12-28-68-60(64)65)51(86)72-41(24-26-47(81)82)54(89)73-40(23-25-46(79)80)53(88)70-38(19-10-11-27-62)52(87)75-44(33-48(83)84)56(91)74-42(59(94)95)21-13-29-69-61(66)67/h4-9,15-18,34,37-45,49H,3,10-14,19-33,62-63H2,1-2H3,(H,70,88)(H,71,90)(H,72,86)(H,73,89)(H,74,91)(H,75,87)(H,76,92)(H,77,85)(H,79,80)(H,81,82)(H,83,84)(H,94,95)(H4,64,65,68)(H4,66,67,69)/t34-,37-,38-,39-,40-,41-,42-,43-,44-,45-,49-/m0/s1. The number of nitrogens with two attached hydrogens (primary N) is 6. The first kappa shape index (κ1) is 79.2. The number of hydrogen-bond acceptors (Lipinski definition) is 17. The van der Waals surface area contributed by atoms with Gasteiger partial charge in [-0.05, 0) is 101 Å². The number of unbranched alkanes of at least 4 members (excludes halogenated alkanes) is 1. The lowest BCUT2D eigenvalue weighted by Gasteiger charge is -2.32. The average Bonchev–Trinajstić information content (AvgIpc) is 1.64. The van der Waals surface area contributed by atoms with Crippen LogP contribution in [0.2, 0.25) is 0 Å². The van der Waals surface area contributed by atoms with E-state index in [1.54, 1.807) is 49.4 Å². The fourth-order valence-corrected chi connectivity index (χ4v) is 10.1. The topological polar surface area (TPSA) is 583 Å². The molecule has 1 fully saturated rings. The molecule has 3 rings (SSSR count). The Labute approximate surface area is 549 Å². The molecule has 524 valence electrons. The zero-order valence-electron chi connectivity index (χ0n) is 53.4. The predicted octanol–water partition coefficient (Wildman–Crippen LogP) is -3.76. The van der Waals surface area contributed by atoms with Gasteiger partial charge in [0.2, 0.25) is 53.2 Å². The third-order valence-corrected chi connectivity index (χ3v) is 15.5. The van der Waals surface area contributed by atoms with Crippen molar-refractivity contribution in [2.75, 3.05) is 26.2 Å². The van der Waals surface area contributed by atoms with Crippen molar-refractivity contribution in [2.45, 2.75) is 183 Å². The molecule has 0 aromatic heterocycles. The number of rotatable bonds is 44. The van der Waals surface area contributed by atoms with Crippen LogP contribution in [0.4, 0.5) is 0 Å². The minimum Gasteiger partial charge on any atom is -0.481 e. The summed E-state index contributed by atoms with van der Waals surface area (Å²) in [5.74, 6) is -15.8. The molecule has 1 saturated heterocycles. The quantitative estimate of drug-likeness (QED) is 0.0172. The summed E-state index contributed by atoms with van der Waals surface area (Å²) in [4.78, 5) is 185. The summed E-state index contributed by atoms with van der Waals surface area (Å²) in [6.45, 7) is 3.71. The summed E-state index contributed by atoms with van der Waals surface area (Å²) in [5, 5.41) is 58.7. The molecule has 1 heterocycles. The molecule has 0 spiro atoms. The average molecular weight is 1340 g/mol. The van der Waals surface area contributed by atoms with Gasteiger partial charge < -0.3 is 102 Å². The first-order valence-corrected chi connectivity index (χ1v) is 31.3. The van der Waals surface area contributed by atoms with E-state index < -0.39 is 175 Å². The fourth-order valence-electron chi connectivity index (χ4n) is 10.1. The molecule has 2 aromatic rings. The molecular weight excluding hydrogens is 1240 g/mol. The number of aliphatic imine (C=N–C) groups is 2. The number of nitrogens with one attached hydrogen (secondary N) is 8. The maximum absolute atomic E-state index is 14.7. The number of hydrogen-bond donors (Lipinski definition) is 18. The van der Waals surface area contributed by atoms with Crippen LogP contribution in [0.1, 0.15) is 121 Å². The molecule has 0 bridgehead atoms. The maximum atomic E-state index is 14.7. The fraction of sp³-hybridized carbons (Fsp3) is 0.557. The lowest BCUT2D eigenvalue weighted by molar-refractivity contribution is -0.144. The number of nitrogens with zero attached hydrogens (tertiary/aromatic N) is 3. The van der Waals surface area contributed by atoms with Gasteiger partial charge in [0.1, 0.15) is 54.4 Å². The lowest BCUT2D eigenvalue weighted by Crippen LogP contribution is -2.61. The van der Waals surface area contributed by atoms with Crippen LogP contribution < -0.4 is 76.9 Å². The zero-order chi connectivity index (χ0) is 70.7. The van der Waals surface area contributed by atoms with Crippen LogP contribution >= 0.6 is 0 Å². The molecule has 24 N–H and O–H groups in total. The second kappa shape index (κ2) is 41.6. The summed E-state index contributed by atoms with van der Waals surface area (Å²) in [6, 6.07) is 2.28. The van der Waals surface area contributed by atoms with Gasteiger partial charge in [0.05, 0.1) is 12.5 Å². The van der Waals surface area contributed by atoms with Gasteiger partial charge >= 0.3 is 23.9 Å². The Kier molecular flexibility index (Phi) is 34.7. The maximum Gasteiger partial charge on any atom is 0.326 e. The van der Waals surface area contributed by atoms with E-state index in [0.717, 1.165) is 5.56 Å². The second-order valence-electron chi connectivity index (χ2n) is 23.0. The lowest BCUT2D eigenvalue weighted by atomic mass is 9.96. The minimum absolute atomic E-state index is 0.00793. The van der Waals surface area contributed by atoms with Gasteiger partial charge in [-0.2, -0.15) is 0 Å². The monoisotopic (exact) mass is 1340 g/mol. The van der Waals surface area contributed by atoms with Crippen molar-refractivity contribution in [1.29, 1.82) is 0 Å². The number of amides is 9. The van der Waals surface area contributed by atoms with Crippen molar-refractivity contribution < 1.29 is 82.8 Å². The summed E-state index contributed by atoms with van der Waals surface area (Å²) < 4.78 is 0. The minimum atomic E-state index is -1.93. The van der Waals surface area contributed by atoms with Crippen molar-refractivity contribution in [3.63, 3.8) is 0 Å². The van der Waals surface area contributed by atoms with Gasteiger partial charge in [-0.25, -0.2) is 4.79 Å². The Hall–Kier alpha value is -9.99. The number of likely N-dealkylation sites (tertiary alicyclic amines) is 1. The van der Waals surface area contributed by atoms with E-state index in [9.17, 15) is 82.8 Å². The Bertz CT molecular complexity index is 2990. The molecule has 34 nitrogen and oxygen atoms in total. The third-order valence-electron chi connectivity index (χ3n) is 15.5. The Morgan fingerprint density at radius 2 is 0.937 bits per heavy atom. The highest BCUT2D eigenvalue weighted by Crippen LogP contribution is 2.23. The van der Waals surface area contributed by atoms with Gasteiger partial charge in [-0.1, -0.05) is 80.9 Å². The van der Waals surface area contributed by atoms with Crippen LogP contribution in [0.25, 0.3) is 0 Å². The zero-order valence-corrected chi connectivity index (χ0v) is 53.4. The SMILES string of the molecule is CC[C@H](C)[C@H](NC(=O)[C@@H](N)Cc1ccccc1)C(=O)N1CCC[C@H]1C(=O)N[C@@H](Cc1ccccc1)C(=O)N[C@@H](CCCN=C(N)N)C(=O)N[C@@H](CCC(=O)O)C(=O)N[C@@H](CCC(=O)O)C(=O)N[C@@H](CCCCN)C(=O)N[C@@H](CC(=O)O)C(=O)N[C@@H](CCCN=C(N)N)C(=O)O. The number of carbonyl (C=O) groups is 13. The van der Waals surface area contributed by atoms with Crippen molar-refractivity contribution in [2.24, 2.45) is 50.3 Å². The Morgan fingerprint density at radius 1 is 0.516 bits per heavy atom. The van der Waals surface area contributed by atoms with Crippen LogP contribution in [0, 0.1) is 5.92 Å². The summed E-state index contributed by atoms with van der Waals surface area (Å²) in [7, 11) is 0. The van der Waals surface area contributed by atoms with E-state index in [-0.39, 0.29) is 102 Å². The number of benzene rings is 2. The molecule has 0 radical (unpaired) electrons. The van der Waals surface area contributed by atoms with Gasteiger partial charge in [-0.15, -0.1) is 0 Å². The van der Waals surface area contributed by atoms with E-state index >= 15 is 0 Å². The molecular formula is C61H93N17O17. The molecule has 0 unspecified atom stereocenters. The molecule has 95 heavy (non-hydrogen) atoms. The molecule has 0 aliphatic carbocycles. The van der Waals surface area contributed by atoms with E-state index in [2.05, 4.69) is 52.5 Å². The second-order valence-corrected chi connectivity index (χ2v) is 23.0. The van der Waals surface area contributed by atoms with Crippen molar-refractivity contribution in [3.05, 3.63) is 71.8 Å². The Balaban J connectivity index is 1.97. The van der Waals surface area contributed by atoms with Crippen molar-refractivity contribution >= 4 is 89.0 Å². The first-order chi connectivity index (χ1) is 45.0. The first-order valence-electron chi connectivity index (χ1n) is 31.3. The number of carbonyl (C=O) groups excluding carboxylic acids is 9. The van der Waals surface area contributed by atoms with Crippen LogP contribution in [0.15, 0.2) is 70.6 Å². The predicted molar refractivity (Wildman–Crippen MR) is 344 cm³/mol. The van der Waals surface area contributed by atoms with E-state index in [4.69, 9.17) is 34.4 Å². The molecule has 1 aliphatic heterocycles. The van der Waals surface area contributed by atoms with E-state index in [1.807, 2.05) is 25.1 Å². The highest BCUT2D eigenvalue weighted by Gasteiger charge is 2.42. The highest BCUT2D eigenvalue weighted by molar-refractivity contribution is 5.99. The van der Waals surface area contributed by atoms with Crippen LogP contribution in [-0.4, -0.2) is 201 Å². The van der Waals surface area contributed by atoms with E-state index in [0.29, 0.717) is 18.4 Å². The van der Waals surface area contributed by atoms with Gasteiger partial charge in [0.25, 0.3) is 0 Å². The van der Waals surface area contributed by atoms with Crippen LogP contribution in [-0.2, 0) is 75.2 Å². The van der Waals surface area contributed by atoms with E-state index in [1.165, 1.54) is 4.90 Å². The molecule has 9 amide bonds. The van der Waals surface area contributed by atoms with Gasteiger partial charge in [-0.3, -0.25) is 67.5 Å². The van der Waals surface area contributed by atoms with Gasteiger partial charge in [0.15, 0.2) is 11.9 Å². The molecule has 2 aromatic carbocycles. The Morgan fingerprint density at radius 3 is 1.38 bits per heavy atom. The molecule has 34 heteroatoms. The third kappa shape index (κ3) is 29.2. The smallest absolute Gasteiger partial charge is 0.326 e. The normalized spacial score (nSPS) is 15.7. The summed E-state index contributed by atoms with van der Waals surface area (Å²) in [5.41, 5.74) is 35.1. The summed E-state index contributed by atoms with van der Waals surface area (Å²) >= 11 is 0. The number of carboxylic acids is 4. The van der Waals surface area contributed by atoms with Crippen molar-refractivity contribution in [3.8, 4) is 0 Å². The van der Waals surface area contributed by atoms with Gasteiger partial charge in [0, 0.05) is 38.9 Å². The number of carboxylic acid groups (broad SMARTS) is 4. The van der Waals surface area contributed by atoms with Crippen LogP contribution in [0.3, 0.4) is 0 Å².